The number of carbonyl (C=O) groups excluding carboxylic acids is 1. The summed E-state index contributed by atoms with van der Waals surface area (Å²) in [5.41, 5.74) is 4.34. The minimum atomic E-state index is 0.0427. The molecule has 1 saturated heterocycles. The van der Waals surface area contributed by atoms with Crippen molar-refractivity contribution in [1.82, 2.24) is 0 Å². The van der Waals surface area contributed by atoms with E-state index in [9.17, 15) is 4.79 Å². The summed E-state index contributed by atoms with van der Waals surface area (Å²) in [4.78, 5) is 14.9. The number of hydrogen-bond acceptors (Lipinski definition) is 2. The van der Waals surface area contributed by atoms with Crippen LogP contribution in [0.5, 0.6) is 0 Å². The van der Waals surface area contributed by atoms with Crippen LogP contribution in [-0.4, -0.2) is 19.0 Å². The predicted octanol–water partition coefficient (Wildman–Crippen LogP) is 4.56. The van der Waals surface area contributed by atoms with Crippen LogP contribution < -0.4 is 10.2 Å². The van der Waals surface area contributed by atoms with Gasteiger partial charge in [-0.1, -0.05) is 54.8 Å². The molecule has 0 aliphatic carbocycles. The van der Waals surface area contributed by atoms with Crippen molar-refractivity contribution < 1.29 is 4.79 Å². The maximum Gasteiger partial charge on any atom is 0.228 e. The quantitative estimate of drug-likeness (QED) is 0.895. The Morgan fingerprint density at radius 2 is 1.62 bits per heavy atom. The van der Waals surface area contributed by atoms with E-state index in [0.717, 1.165) is 30.0 Å². The zero-order chi connectivity index (χ0) is 16.8. The van der Waals surface area contributed by atoms with Crippen molar-refractivity contribution in [3.05, 3.63) is 59.7 Å². The number of nitrogens with one attached hydrogen (secondary N) is 1. The highest BCUT2D eigenvalue weighted by atomic mass is 16.1. The normalized spacial score (nSPS) is 15.0. The van der Waals surface area contributed by atoms with Gasteiger partial charge in [0.15, 0.2) is 0 Å². The Balaban J connectivity index is 1.70. The summed E-state index contributed by atoms with van der Waals surface area (Å²) < 4.78 is 0. The molecule has 1 heterocycles. The molecular weight excluding hydrogens is 296 g/mol. The van der Waals surface area contributed by atoms with Gasteiger partial charge in [-0.2, -0.15) is 0 Å². The molecule has 1 N–H and O–H groups in total. The number of hydrogen-bond donors (Lipinski definition) is 1. The summed E-state index contributed by atoms with van der Waals surface area (Å²) in [5, 5.41) is 3.11. The second-order valence-electron chi connectivity index (χ2n) is 6.63. The number of anilines is 2. The Kier molecular flexibility index (Phi) is 5.52. The van der Waals surface area contributed by atoms with Crippen LogP contribution in [0.25, 0.3) is 0 Å². The fourth-order valence-corrected chi connectivity index (χ4v) is 3.25. The maximum absolute atomic E-state index is 12.4. The average Bonchev–Trinajstić information content (AvgIpc) is 2.87. The van der Waals surface area contributed by atoms with Gasteiger partial charge in [-0.25, -0.2) is 0 Å². The first-order valence-electron chi connectivity index (χ1n) is 8.92. The molecule has 24 heavy (non-hydrogen) atoms. The Morgan fingerprint density at radius 1 is 0.958 bits per heavy atom. The highest BCUT2D eigenvalue weighted by molar-refractivity contribution is 5.95. The fourth-order valence-electron chi connectivity index (χ4n) is 3.25. The second kappa shape index (κ2) is 8.00. The van der Waals surface area contributed by atoms with Gasteiger partial charge in [-0.15, -0.1) is 0 Å². The molecule has 1 fully saturated rings. The summed E-state index contributed by atoms with van der Waals surface area (Å²) in [7, 11) is 0. The summed E-state index contributed by atoms with van der Waals surface area (Å²) >= 11 is 0. The topological polar surface area (TPSA) is 32.3 Å². The van der Waals surface area contributed by atoms with Gasteiger partial charge in [0, 0.05) is 13.1 Å². The van der Waals surface area contributed by atoms with Crippen molar-refractivity contribution >= 4 is 17.3 Å². The van der Waals surface area contributed by atoms with Crippen LogP contribution in [0.1, 0.15) is 36.8 Å². The first-order chi connectivity index (χ1) is 11.7. The summed E-state index contributed by atoms with van der Waals surface area (Å²) in [6.45, 7) is 4.21. The molecule has 0 aromatic heterocycles. The van der Waals surface area contributed by atoms with Gasteiger partial charge < -0.3 is 10.2 Å². The summed E-state index contributed by atoms with van der Waals surface area (Å²) in [6.07, 6.45) is 5.48. The van der Waals surface area contributed by atoms with Crippen molar-refractivity contribution in [2.24, 2.45) is 0 Å². The predicted molar refractivity (Wildman–Crippen MR) is 101 cm³/mol. The minimum Gasteiger partial charge on any atom is -0.370 e. The Bertz CT molecular complexity index is 670. The SMILES string of the molecule is Cc1ccc(CC(=O)Nc2ccccc2N2CCCCCC2)cc1. The van der Waals surface area contributed by atoms with Crippen LogP contribution in [0.2, 0.25) is 0 Å². The van der Waals surface area contributed by atoms with Crippen molar-refractivity contribution in [2.45, 2.75) is 39.0 Å². The van der Waals surface area contributed by atoms with Crippen molar-refractivity contribution in [1.29, 1.82) is 0 Å². The van der Waals surface area contributed by atoms with Crippen molar-refractivity contribution in [3.63, 3.8) is 0 Å². The monoisotopic (exact) mass is 322 g/mol. The lowest BCUT2D eigenvalue weighted by Crippen LogP contribution is -2.26. The van der Waals surface area contributed by atoms with E-state index in [-0.39, 0.29) is 5.91 Å². The molecule has 3 rings (SSSR count). The Morgan fingerprint density at radius 3 is 2.33 bits per heavy atom. The van der Waals surface area contributed by atoms with Gasteiger partial charge in [-0.3, -0.25) is 4.79 Å². The van der Waals surface area contributed by atoms with E-state index in [1.807, 2.05) is 36.4 Å². The molecule has 0 bridgehead atoms. The van der Waals surface area contributed by atoms with Gasteiger partial charge in [0.25, 0.3) is 0 Å². The number of aryl methyl sites for hydroxylation is 1. The van der Waals surface area contributed by atoms with Crippen LogP contribution in [0, 0.1) is 6.92 Å². The van der Waals surface area contributed by atoms with Crippen LogP contribution >= 0.6 is 0 Å². The third kappa shape index (κ3) is 4.38. The number of amides is 1. The largest absolute Gasteiger partial charge is 0.370 e. The number of para-hydroxylation sites is 2. The van der Waals surface area contributed by atoms with E-state index in [0.29, 0.717) is 6.42 Å². The summed E-state index contributed by atoms with van der Waals surface area (Å²) in [5.74, 6) is 0.0427. The van der Waals surface area contributed by atoms with E-state index in [4.69, 9.17) is 0 Å². The van der Waals surface area contributed by atoms with Crippen LogP contribution in [0.4, 0.5) is 11.4 Å². The minimum absolute atomic E-state index is 0.0427. The molecule has 1 aliphatic heterocycles. The molecule has 3 heteroatoms. The molecule has 0 spiro atoms. The zero-order valence-corrected chi connectivity index (χ0v) is 14.4. The number of benzene rings is 2. The summed E-state index contributed by atoms with van der Waals surface area (Å²) in [6, 6.07) is 16.3. The maximum atomic E-state index is 12.4. The van der Waals surface area contributed by atoms with Gasteiger partial charge in [0.2, 0.25) is 5.91 Å². The molecule has 0 unspecified atom stereocenters. The number of nitrogens with zero attached hydrogens (tertiary/aromatic N) is 1. The second-order valence-corrected chi connectivity index (χ2v) is 6.63. The highest BCUT2D eigenvalue weighted by Gasteiger charge is 2.14. The fraction of sp³-hybridized carbons (Fsp3) is 0.381. The molecule has 1 amide bonds. The first-order valence-corrected chi connectivity index (χ1v) is 8.92. The van der Waals surface area contributed by atoms with Gasteiger partial charge in [0.1, 0.15) is 0 Å². The Labute approximate surface area is 144 Å². The lowest BCUT2D eigenvalue weighted by molar-refractivity contribution is -0.115. The number of rotatable bonds is 4. The van der Waals surface area contributed by atoms with E-state index in [1.54, 1.807) is 0 Å². The zero-order valence-electron chi connectivity index (χ0n) is 14.4. The molecule has 2 aromatic carbocycles. The molecule has 1 aliphatic rings. The molecule has 0 atom stereocenters. The molecule has 3 nitrogen and oxygen atoms in total. The van der Waals surface area contributed by atoms with E-state index < -0.39 is 0 Å². The Hall–Kier alpha value is -2.29. The number of carbonyl (C=O) groups is 1. The molecule has 0 radical (unpaired) electrons. The van der Waals surface area contributed by atoms with E-state index >= 15 is 0 Å². The standard InChI is InChI=1S/C21H26N2O/c1-17-10-12-18(13-11-17)16-21(24)22-19-8-4-5-9-20(19)23-14-6-2-3-7-15-23/h4-5,8-13H,2-3,6-7,14-16H2,1H3,(H,22,24). The third-order valence-corrected chi connectivity index (χ3v) is 4.61. The van der Waals surface area contributed by atoms with Crippen LogP contribution in [0.15, 0.2) is 48.5 Å². The molecule has 0 saturated carbocycles. The molecular formula is C21H26N2O. The van der Waals surface area contributed by atoms with Gasteiger partial charge in [-0.05, 0) is 37.5 Å². The van der Waals surface area contributed by atoms with Crippen LogP contribution in [-0.2, 0) is 11.2 Å². The van der Waals surface area contributed by atoms with Gasteiger partial charge >= 0.3 is 0 Å². The smallest absolute Gasteiger partial charge is 0.228 e. The lowest BCUT2D eigenvalue weighted by atomic mass is 10.1. The van der Waals surface area contributed by atoms with Crippen LogP contribution in [0.3, 0.4) is 0 Å². The average molecular weight is 322 g/mol. The van der Waals surface area contributed by atoms with Gasteiger partial charge in [0.05, 0.1) is 17.8 Å². The lowest BCUT2D eigenvalue weighted by Gasteiger charge is -2.25. The highest BCUT2D eigenvalue weighted by Crippen LogP contribution is 2.28. The van der Waals surface area contributed by atoms with E-state index in [1.165, 1.54) is 31.2 Å². The van der Waals surface area contributed by atoms with Crippen molar-refractivity contribution in [3.8, 4) is 0 Å². The first kappa shape index (κ1) is 16.6. The van der Waals surface area contributed by atoms with Crippen molar-refractivity contribution in [2.75, 3.05) is 23.3 Å². The van der Waals surface area contributed by atoms with E-state index in [2.05, 4.69) is 29.3 Å². The molecule has 2 aromatic rings. The third-order valence-electron chi connectivity index (χ3n) is 4.61. The molecule has 126 valence electrons.